The first-order chi connectivity index (χ1) is 8.56. The molecule has 0 aliphatic carbocycles. The van der Waals surface area contributed by atoms with Gasteiger partial charge in [-0.1, -0.05) is 18.1 Å². The molecule has 0 saturated carbocycles. The van der Waals surface area contributed by atoms with Gasteiger partial charge in [0.1, 0.15) is 5.84 Å². The van der Waals surface area contributed by atoms with Crippen molar-refractivity contribution in [1.29, 1.82) is 0 Å². The van der Waals surface area contributed by atoms with Crippen LogP contribution in [0.2, 0.25) is 0 Å². The maximum absolute atomic E-state index is 8.62. The van der Waals surface area contributed by atoms with Crippen LogP contribution in [0.15, 0.2) is 23.4 Å². The van der Waals surface area contributed by atoms with Gasteiger partial charge in [-0.3, -0.25) is 9.88 Å². The number of amidine groups is 1. The zero-order valence-corrected chi connectivity index (χ0v) is 11.3. The van der Waals surface area contributed by atoms with Gasteiger partial charge in [-0.2, -0.15) is 0 Å². The first kappa shape index (κ1) is 14.4. The second-order valence-corrected chi connectivity index (χ2v) is 4.54. The maximum atomic E-state index is 8.62. The van der Waals surface area contributed by atoms with Crippen LogP contribution in [0.3, 0.4) is 0 Å². The molecule has 1 heterocycles. The third-order valence-corrected chi connectivity index (χ3v) is 3.03. The number of pyridine rings is 1. The summed E-state index contributed by atoms with van der Waals surface area (Å²) in [5.41, 5.74) is 7.62. The lowest BCUT2D eigenvalue weighted by atomic mass is 10.1. The molecule has 0 radical (unpaired) electrons. The minimum atomic E-state index is 0.253. The van der Waals surface area contributed by atoms with Crippen molar-refractivity contribution in [2.24, 2.45) is 10.9 Å². The van der Waals surface area contributed by atoms with E-state index >= 15 is 0 Å². The summed E-state index contributed by atoms with van der Waals surface area (Å²) in [6.07, 6.45) is 1.51. The van der Waals surface area contributed by atoms with Crippen LogP contribution < -0.4 is 5.73 Å². The molecule has 0 aliphatic rings. The molecule has 1 rings (SSSR count). The highest BCUT2D eigenvalue weighted by Gasteiger charge is 2.15. The topological polar surface area (TPSA) is 74.7 Å². The molecule has 1 atom stereocenters. The average Bonchev–Trinajstić information content (AvgIpc) is 2.35. The van der Waals surface area contributed by atoms with E-state index in [4.69, 9.17) is 10.9 Å². The van der Waals surface area contributed by atoms with Crippen LogP contribution in [-0.4, -0.2) is 34.0 Å². The van der Waals surface area contributed by atoms with Gasteiger partial charge in [0.25, 0.3) is 0 Å². The number of oxime groups is 1. The summed E-state index contributed by atoms with van der Waals surface area (Å²) in [4.78, 5) is 6.66. The Kier molecular flexibility index (Phi) is 5.58. The lowest BCUT2D eigenvalue weighted by molar-refractivity contribution is 0.227. The highest BCUT2D eigenvalue weighted by molar-refractivity contribution is 5.80. The van der Waals surface area contributed by atoms with Gasteiger partial charge < -0.3 is 10.9 Å². The Hall–Kier alpha value is -1.62. The van der Waals surface area contributed by atoms with Crippen LogP contribution in [0, 0.1) is 6.92 Å². The van der Waals surface area contributed by atoms with Crippen LogP contribution in [0.25, 0.3) is 0 Å². The minimum Gasteiger partial charge on any atom is -0.409 e. The molecule has 1 unspecified atom stereocenters. The van der Waals surface area contributed by atoms with E-state index in [-0.39, 0.29) is 11.9 Å². The van der Waals surface area contributed by atoms with E-state index in [1.807, 2.05) is 32.2 Å². The van der Waals surface area contributed by atoms with E-state index in [1.54, 1.807) is 0 Å². The van der Waals surface area contributed by atoms with E-state index in [0.29, 0.717) is 6.42 Å². The second kappa shape index (κ2) is 6.96. The van der Waals surface area contributed by atoms with E-state index in [2.05, 4.69) is 22.0 Å². The molecule has 5 nitrogen and oxygen atoms in total. The fraction of sp³-hybridized carbons (Fsp3) is 0.538. The quantitative estimate of drug-likeness (QED) is 0.349. The molecule has 1 aromatic heterocycles. The van der Waals surface area contributed by atoms with E-state index in [1.165, 1.54) is 0 Å². The van der Waals surface area contributed by atoms with Crippen molar-refractivity contribution in [1.82, 2.24) is 9.88 Å². The van der Waals surface area contributed by atoms with Crippen molar-refractivity contribution in [3.63, 3.8) is 0 Å². The number of aromatic nitrogens is 1. The standard InChI is InChI=1S/C13H22N4O/c1-4-12(8-13(14)16-18)17(3)9-11-7-5-6-10(2)15-11/h5-7,12,18H,4,8-9H2,1-3H3,(H2,14,16). The van der Waals surface area contributed by atoms with Crippen LogP contribution in [-0.2, 0) is 6.54 Å². The number of aryl methyl sites for hydroxylation is 1. The zero-order chi connectivity index (χ0) is 13.5. The normalized spacial score (nSPS) is 13.9. The Bertz CT molecular complexity index is 406. The van der Waals surface area contributed by atoms with Gasteiger partial charge in [0.2, 0.25) is 0 Å². The third-order valence-electron chi connectivity index (χ3n) is 3.03. The summed E-state index contributed by atoms with van der Waals surface area (Å²) in [6, 6.07) is 6.26. The summed E-state index contributed by atoms with van der Waals surface area (Å²) in [7, 11) is 2.03. The van der Waals surface area contributed by atoms with Gasteiger partial charge in [-0.05, 0) is 32.5 Å². The van der Waals surface area contributed by atoms with Crippen LogP contribution in [0.1, 0.15) is 31.2 Å². The molecule has 1 aromatic rings. The highest BCUT2D eigenvalue weighted by atomic mass is 16.4. The van der Waals surface area contributed by atoms with E-state index < -0.39 is 0 Å². The van der Waals surface area contributed by atoms with Gasteiger partial charge in [-0.25, -0.2) is 0 Å². The fourth-order valence-corrected chi connectivity index (χ4v) is 1.97. The van der Waals surface area contributed by atoms with Crippen molar-refractivity contribution >= 4 is 5.84 Å². The maximum Gasteiger partial charge on any atom is 0.140 e. The molecule has 5 heteroatoms. The lowest BCUT2D eigenvalue weighted by Crippen LogP contribution is -2.34. The van der Waals surface area contributed by atoms with Crippen molar-refractivity contribution in [2.45, 2.75) is 39.3 Å². The van der Waals surface area contributed by atoms with Crippen molar-refractivity contribution < 1.29 is 5.21 Å². The molecule has 0 bridgehead atoms. The van der Waals surface area contributed by atoms with Crippen molar-refractivity contribution in [3.8, 4) is 0 Å². The summed E-state index contributed by atoms with van der Waals surface area (Å²) in [5.74, 6) is 0.269. The molecule has 0 fully saturated rings. The largest absolute Gasteiger partial charge is 0.409 e. The first-order valence-corrected chi connectivity index (χ1v) is 6.16. The van der Waals surface area contributed by atoms with Crippen molar-refractivity contribution in [3.05, 3.63) is 29.6 Å². The lowest BCUT2D eigenvalue weighted by Gasteiger charge is -2.26. The van der Waals surface area contributed by atoms with Gasteiger partial charge in [0, 0.05) is 24.7 Å². The van der Waals surface area contributed by atoms with Crippen LogP contribution >= 0.6 is 0 Å². The molecule has 0 spiro atoms. The number of rotatable bonds is 6. The predicted octanol–water partition coefficient (Wildman–Crippen LogP) is 1.74. The molecule has 100 valence electrons. The Morgan fingerprint density at radius 1 is 1.56 bits per heavy atom. The summed E-state index contributed by atoms with van der Waals surface area (Å²) >= 11 is 0. The van der Waals surface area contributed by atoms with Crippen molar-refractivity contribution in [2.75, 3.05) is 7.05 Å². The fourth-order valence-electron chi connectivity index (χ4n) is 1.97. The molecule has 0 amide bonds. The van der Waals surface area contributed by atoms with Gasteiger partial charge in [-0.15, -0.1) is 0 Å². The van der Waals surface area contributed by atoms with Crippen LogP contribution in [0.5, 0.6) is 0 Å². The smallest absolute Gasteiger partial charge is 0.140 e. The monoisotopic (exact) mass is 250 g/mol. The highest BCUT2D eigenvalue weighted by Crippen LogP contribution is 2.10. The Balaban J connectivity index is 2.64. The second-order valence-electron chi connectivity index (χ2n) is 4.54. The SMILES string of the molecule is CCC(CC(N)=NO)N(C)Cc1cccc(C)n1. The van der Waals surface area contributed by atoms with Gasteiger partial charge in [0.15, 0.2) is 0 Å². The predicted molar refractivity (Wildman–Crippen MR) is 72.5 cm³/mol. The summed E-state index contributed by atoms with van der Waals surface area (Å²) in [5, 5.41) is 11.7. The number of nitrogens with zero attached hydrogens (tertiary/aromatic N) is 3. The first-order valence-electron chi connectivity index (χ1n) is 6.16. The third kappa shape index (κ3) is 4.33. The Labute approximate surface area is 108 Å². The van der Waals surface area contributed by atoms with E-state index in [0.717, 1.165) is 24.4 Å². The Morgan fingerprint density at radius 2 is 2.28 bits per heavy atom. The molecule has 18 heavy (non-hydrogen) atoms. The summed E-state index contributed by atoms with van der Waals surface area (Å²) in [6.45, 7) is 4.84. The number of hydrogen-bond acceptors (Lipinski definition) is 4. The number of hydrogen-bond donors (Lipinski definition) is 2. The molecule has 0 saturated heterocycles. The molecule has 3 N–H and O–H groups in total. The minimum absolute atomic E-state index is 0.253. The zero-order valence-electron chi connectivity index (χ0n) is 11.3. The molecule has 0 aromatic carbocycles. The molecule has 0 aliphatic heterocycles. The average molecular weight is 250 g/mol. The van der Waals surface area contributed by atoms with Crippen LogP contribution in [0.4, 0.5) is 0 Å². The van der Waals surface area contributed by atoms with E-state index in [9.17, 15) is 0 Å². The molecular formula is C13H22N4O. The van der Waals surface area contributed by atoms with Gasteiger partial charge >= 0.3 is 0 Å². The molecular weight excluding hydrogens is 228 g/mol. The number of nitrogens with two attached hydrogens (primary N) is 1. The Morgan fingerprint density at radius 3 is 2.83 bits per heavy atom. The summed E-state index contributed by atoms with van der Waals surface area (Å²) < 4.78 is 0. The van der Waals surface area contributed by atoms with Gasteiger partial charge in [0.05, 0.1) is 5.69 Å².